The fraction of sp³-hybridized carbons (Fsp3) is 0.882. The van der Waals surface area contributed by atoms with Crippen molar-refractivity contribution < 1.29 is 4.52 Å². The highest BCUT2D eigenvalue weighted by atomic mass is 16.5. The van der Waals surface area contributed by atoms with Crippen molar-refractivity contribution in [2.45, 2.75) is 90.0 Å². The fourth-order valence-electron chi connectivity index (χ4n) is 3.38. The van der Waals surface area contributed by atoms with Gasteiger partial charge in [0, 0.05) is 17.9 Å². The van der Waals surface area contributed by atoms with E-state index in [0.717, 1.165) is 36.9 Å². The molecule has 0 aliphatic heterocycles. The Morgan fingerprint density at radius 3 is 2.81 bits per heavy atom. The molecular formula is C17H31N3O. The average Bonchev–Trinajstić information content (AvgIpc) is 2.97. The number of nitrogens with zero attached hydrogens (tertiary/aromatic N) is 2. The molecule has 1 aromatic rings. The molecule has 2 rings (SSSR count). The molecule has 2 N–H and O–H groups in total. The van der Waals surface area contributed by atoms with Crippen molar-refractivity contribution in [2.24, 2.45) is 11.7 Å². The predicted octanol–water partition coefficient (Wildman–Crippen LogP) is 4.37. The number of hydrogen-bond acceptors (Lipinski definition) is 4. The van der Waals surface area contributed by atoms with Crippen LogP contribution in [0, 0.1) is 5.92 Å². The molecule has 0 amide bonds. The third kappa shape index (κ3) is 4.80. The molecule has 0 spiro atoms. The van der Waals surface area contributed by atoms with Crippen molar-refractivity contribution in [3.8, 4) is 0 Å². The Morgan fingerprint density at radius 1 is 1.29 bits per heavy atom. The number of rotatable bonds is 7. The highest BCUT2D eigenvalue weighted by Crippen LogP contribution is 2.36. The quantitative estimate of drug-likeness (QED) is 0.810. The van der Waals surface area contributed by atoms with E-state index in [1.54, 1.807) is 0 Å². The van der Waals surface area contributed by atoms with Crippen LogP contribution in [0.2, 0.25) is 0 Å². The van der Waals surface area contributed by atoms with E-state index in [2.05, 4.69) is 25.9 Å². The molecule has 1 aliphatic carbocycles. The summed E-state index contributed by atoms with van der Waals surface area (Å²) in [7, 11) is 0. The van der Waals surface area contributed by atoms with Gasteiger partial charge >= 0.3 is 0 Å². The minimum absolute atomic E-state index is 0.281. The van der Waals surface area contributed by atoms with Crippen LogP contribution in [-0.2, 0) is 0 Å². The summed E-state index contributed by atoms with van der Waals surface area (Å²) in [6.07, 6.45) is 9.65. The van der Waals surface area contributed by atoms with Gasteiger partial charge in [-0.15, -0.1) is 0 Å². The second kappa shape index (κ2) is 7.92. The van der Waals surface area contributed by atoms with Crippen molar-refractivity contribution in [3.63, 3.8) is 0 Å². The Kier molecular flexibility index (Phi) is 6.22. The number of nitrogens with two attached hydrogens (primary N) is 1. The van der Waals surface area contributed by atoms with Gasteiger partial charge in [0.1, 0.15) is 0 Å². The van der Waals surface area contributed by atoms with Crippen LogP contribution in [0.1, 0.15) is 95.7 Å². The second-order valence-corrected chi connectivity index (χ2v) is 6.94. The van der Waals surface area contributed by atoms with Gasteiger partial charge in [-0.05, 0) is 38.5 Å². The summed E-state index contributed by atoms with van der Waals surface area (Å²) < 4.78 is 5.51. The van der Waals surface area contributed by atoms with Crippen molar-refractivity contribution in [1.82, 2.24) is 10.1 Å². The molecule has 1 heterocycles. The maximum atomic E-state index is 5.79. The average molecular weight is 293 g/mol. The zero-order valence-corrected chi connectivity index (χ0v) is 13.8. The van der Waals surface area contributed by atoms with Gasteiger partial charge in [-0.2, -0.15) is 4.98 Å². The van der Waals surface area contributed by atoms with E-state index in [1.807, 2.05) is 0 Å². The third-order valence-corrected chi connectivity index (χ3v) is 4.90. The van der Waals surface area contributed by atoms with E-state index in [9.17, 15) is 0 Å². The van der Waals surface area contributed by atoms with E-state index in [0.29, 0.717) is 11.8 Å². The second-order valence-electron chi connectivity index (χ2n) is 6.94. The molecule has 0 aromatic carbocycles. The molecule has 120 valence electrons. The Balaban J connectivity index is 1.88. The topological polar surface area (TPSA) is 64.9 Å². The summed E-state index contributed by atoms with van der Waals surface area (Å²) in [5, 5.41) is 4.26. The molecule has 1 aliphatic rings. The monoisotopic (exact) mass is 293 g/mol. The Hall–Kier alpha value is -0.900. The van der Waals surface area contributed by atoms with Gasteiger partial charge in [0.15, 0.2) is 5.82 Å². The summed E-state index contributed by atoms with van der Waals surface area (Å²) in [5.74, 6) is 3.46. The Labute approximate surface area is 128 Å². The van der Waals surface area contributed by atoms with Gasteiger partial charge in [0.2, 0.25) is 5.89 Å². The molecule has 4 unspecified atom stereocenters. The van der Waals surface area contributed by atoms with Crippen molar-refractivity contribution >= 4 is 0 Å². The smallest absolute Gasteiger partial charge is 0.229 e. The first-order chi connectivity index (χ1) is 10.1. The van der Waals surface area contributed by atoms with E-state index < -0.39 is 0 Å². The number of hydrogen-bond donors (Lipinski definition) is 1. The minimum Gasteiger partial charge on any atom is -0.339 e. The van der Waals surface area contributed by atoms with Gasteiger partial charge < -0.3 is 10.3 Å². The molecule has 21 heavy (non-hydrogen) atoms. The lowest BCUT2D eigenvalue weighted by molar-refractivity contribution is 0.296. The highest BCUT2D eigenvalue weighted by Gasteiger charge is 2.26. The van der Waals surface area contributed by atoms with Gasteiger partial charge in [-0.3, -0.25) is 0 Å². The summed E-state index contributed by atoms with van der Waals surface area (Å²) in [4.78, 5) is 4.69. The first-order valence-electron chi connectivity index (χ1n) is 8.69. The van der Waals surface area contributed by atoms with Crippen molar-refractivity contribution in [1.29, 1.82) is 0 Å². The predicted molar refractivity (Wildman–Crippen MR) is 85.2 cm³/mol. The van der Waals surface area contributed by atoms with Crippen LogP contribution in [0.15, 0.2) is 4.52 Å². The van der Waals surface area contributed by atoms with Gasteiger partial charge in [-0.25, -0.2) is 0 Å². The zero-order valence-electron chi connectivity index (χ0n) is 13.8. The first-order valence-corrected chi connectivity index (χ1v) is 8.69. The first kappa shape index (κ1) is 16.5. The minimum atomic E-state index is 0.281. The van der Waals surface area contributed by atoms with Crippen LogP contribution < -0.4 is 5.73 Å². The summed E-state index contributed by atoms with van der Waals surface area (Å²) >= 11 is 0. The largest absolute Gasteiger partial charge is 0.339 e. The van der Waals surface area contributed by atoms with Crippen LogP contribution in [0.3, 0.4) is 0 Å². The van der Waals surface area contributed by atoms with Gasteiger partial charge in [0.25, 0.3) is 0 Å². The van der Waals surface area contributed by atoms with Crippen LogP contribution >= 0.6 is 0 Å². The van der Waals surface area contributed by atoms with Crippen LogP contribution in [0.4, 0.5) is 0 Å². The normalized spacial score (nSPS) is 25.7. The third-order valence-electron chi connectivity index (χ3n) is 4.90. The molecule has 4 atom stereocenters. The summed E-state index contributed by atoms with van der Waals surface area (Å²) in [6, 6.07) is 0.281. The molecule has 0 radical (unpaired) electrons. The van der Waals surface area contributed by atoms with Gasteiger partial charge in [0.05, 0.1) is 0 Å². The Morgan fingerprint density at radius 2 is 2.10 bits per heavy atom. The molecular weight excluding hydrogens is 262 g/mol. The van der Waals surface area contributed by atoms with Crippen molar-refractivity contribution in [3.05, 3.63) is 11.7 Å². The molecule has 1 fully saturated rings. The Bertz CT molecular complexity index is 416. The molecule has 4 heteroatoms. The maximum Gasteiger partial charge on any atom is 0.229 e. The molecule has 0 bridgehead atoms. The molecule has 1 saturated carbocycles. The SMILES string of the molecule is CCC1CCCC(c2noc(C(C)CCCC(C)N)n2)C1. The van der Waals surface area contributed by atoms with Crippen LogP contribution in [0.5, 0.6) is 0 Å². The molecule has 1 aromatic heterocycles. The lowest BCUT2D eigenvalue weighted by Gasteiger charge is -2.26. The fourth-order valence-corrected chi connectivity index (χ4v) is 3.38. The standard InChI is InChI=1S/C17H31N3O/c1-4-14-9-6-10-15(11-14)16-19-17(21-20-16)12(2)7-5-8-13(3)18/h12-15H,4-11,18H2,1-3H3. The van der Waals surface area contributed by atoms with E-state index in [1.165, 1.54) is 32.1 Å². The lowest BCUT2D eigenvalue weighted by atomic mass is 9.80. The molecule has 4 nitrogen and oxygen atoms in total. The van der Waals surface area contributed by atoms with E-state index >= 15 is 0 Å². The van der Waals surface area contributed by atoms with E-state index in [-0.39, 0.29) is 6.04 Å². The lowest BCUT2D eigenvalue weighted by Crippen LogP contribution is -2.15. The highest BCUT2D eigenvalue weighted by molar-refractivity contribution is 5.00. The summed E-state index contributed by atoms with van der Waals surface area (Å²) in [5.41, 5.74) is 5.79. The van der Waals surface area contributed by atoms with Crippen molar-refractivity contribution in [2.75, 3.05) is 0 Å². The zero-order chi connectivity index (χ0) is 15.2. The van der Waals surface area contributed by atoms with E-state index in [4.69, 9.17) is 15.2 Å². The maximum absolute atomic E-state index is 5.79. The molecule has 0 saturated heterocycles. The van der Waals surface area contributed by atoms with Crippen LogP contribution in [0.25, 0.3) is 0 Å². The van der Waals surface area contributed by atoms with Gasteiger partial charge in [-0.1, -0.05) is 44.7 Å². The summed E-state index contributed by atoms with van der Waals surface area (Å²) in [6.45, 7) is 6.52. The number of aromatic nitrogens is 2. The van der Waals surface area contributed by atoms with Crippen LogP contribution in [-0.4, -0.2) is 16.2 Å².